The van der Waals surface area contributed by atoms with Gasteiger partial charge in [0.15, 0.2) is 0 Å². The highest BCUT2D eigenvalue weighted by Gasteiger charge is 2.41. The number of rotatable bonds is 6. The average Bonchev–Trinajstić information content (AvgIpc) is 3.54. The Bertz CT molecular complexity index is 1220. The average molecular weight is 477 g/mol. The molecule has 0 radical (unpaired) electrons. The predicted molar refractivity (Wildman–Crippen MR) is 127 cm³/mol. The van der Waals surface area contributed by atoms with Crippen LogP contribution in [0.25, 0.3) is 10.4 Å². The molecule has 3 heterocycles. The summed E-state index contributed by atoms with van der Waals surface area (Å²) in [5.74, 6) is -1.02. The van der Waals surface area contributed by atoms with Gasteiger partial charge < -0.3 is 15.7 Å². The molecule has 0 bridgehead atoms. The zero-order valence-corrected chi connectivity index (χ0v) is 19.3. The Kier molecular flexibility index (Phi) is 5.99. The molecule has 34 heavy (non-hydrogen) atoms. The fourth-order valence-electron chi connectivity index (χ4n) is 4.52. The van der Waals surface area contributed by atoms with E-state index in [-0.39, 0.29) is 24.3 Å². The normalized spacial score (nSPS) is 20.5. The number of nitrogens with zero attached hydrogens (tertiary/aromatic N) is 2. The molecule has 1 fully saturated rings. The lowest BCUT2D eigenvalue weighted by molar-refractivity contribution is -0.123. The van der Waals surface area contributed by atoms with E-state index >= 15 is 0 Å². The molecule has 2 aromatic carbocycles. The Labute approximate surface area is 200 Å². The lowest BCUT2D eigenvalue weighted by Crippen LogP contribution is -2.45. The summed E-state index contributed by atoms with van der Waals surface area (Å²) in [5, 5.41) is 15.6. The van der Waals surface area contributed by atoms with Crippen molar-refractivity contribution in [2.75, 3.05) is 13.1 Å². The molecule has 8 nitrogen and oxygen atoms in total. The van der Waals surface area contributed by atoms with E-state index < -0.39 is 18.2 Å². The van der Waals surface area contributed by atoms with E-state index in [9.17, 15) is 19.5 Å². The molecule has 3 atom stereocenters. The predicted octanol–water partition coefficient (Wildman–Crippen LogP) is 2.29. The van der Waals surface area contributed by atoms with Crippen LogP contribution in [0.2, 0.25) is 0 Å². The van der Waals surface area contributed by atoms with Crippen LogP contribution in [0.3, 0.4) is 0 Å². The molecule has 0 spiro atoms. The first-order valence-electron chi connectivity index (χ1n) is 11.1. The number of carbonyl (C=O) groups excluding carboxylic acids is 3. The standard InChI is InChI=1S/C25H24N4O4S/c1-14-22(34-13-28-14)16-8-6-15(7-9-16)21(12-27-23(31)20-10-17(30)11-26-20)29-24(32)18-4-2-3-5-19(18)25(29)33/h2-9,13,17,20-21,26,30H,10-12H2,1H3,(H,27,31)/t17-,20+,21?/m1/s1. The monoisotopic (exact) mass is 476 g/mol. The molecule has 174 valence electrons. The molecule has 9 heteroatoms. The van der Waals surface area contributed by atoms with Gasteiger partial charge in [0.1, 0.15) is 0 Å². The molecule has 0 aliphatic carbocycles. The van der Waals surface area contributed by atoms with Crippen LogP contribution in [0.15, 0.2) is 54.0 Å². The smallest absolute Gasteiger partial charge is 0.262 e. The van der Waals surface area contributed by atoms with Crippen LogP contribution < -0.4 is 10.6 Å². The lowest BCUT2D eigenvalue weighted by Gasteiger charge is -2.27. The van der Waals surface area contributed by atoms with Crippen LogP contribution >= 0.6 is 11.3 Å². The highest BCUT2D eigenvalue weighted by molar-refractivity contribution is 7.13. The minimum Gasteiger partial charge on any atom is -0.392 e. The van der Waals surface area contributed by atoms with E-state index in [1.165, 1.54) is 4.90 Å². The number of β-amino-alcohol motifs (C(OH)–C–C–N with tert-alkyl or cyclic N) is 1. The van der Waals surface area contributed by atoms with Crippen molar-refractivity contribution < 1.29 is 19.5 Å². The van der Waals surface area contributed by atoms with Gasteiger partial charge in [0, 0.05) is 13.1 Å². The molecule has 3 N–H and O–H groups in total. The van der Waals surface area contributed by atoms with E-state index in [2.05, 4.69) is 15.6 Å². The van der Waals surface area contributed by atoms with E-state index in [0.29, 0.717) is 24.1 Å². The first kappa shape index (κ1) is 22.4. The summed E-state index contributed by atoms with van der Waals surface area (Å²) in [5.41, 5.74) is 5.19. The van der Waals surface area contributed by atoms with Crippen molar-refractivity contribution in [1.29, 1.82) is 0 Å². The highest BCUT2D eigenvalue weighted by atomic mass is 32.1. The molecular weight excluding hydrogens is 452 g/mol. The van der Waals surface area contributed by atoms with Crippen LogP contribution in [-0.2, 0) is 4.79 Å². The fraction of sp³-hybridized carbons (Fsp3) is 0.280. The minimum absolute atomic E-state index is 0.0670. The lowest BCUT2D eigenvalue weighted by atomic mass is 10.0. The van der Waals surface area contributed by atoms with Gasteiger partial charge in [-0.25, -0.2) is 4.98 Å². The zero-order valence-electron chi connectivity index (χ0n) is 18.5. The second-order valence-corrected chi connectivity index (χ2v) is 9.38. The molecule has 0 saturated carbocycles. The molecule has 1 saturated heterocycles. The molecule has 3 amide bonds. The van der Waals surface area contributed by atoms with Crippen molar-refractivity contribution in [3.8, 4) is 10.4 Å². The number of aliphatic hydroxyl groups is 1. The van der Waals surface area contributed by atoms with Gasteiger partial charge in [-0.15, -0.1) is 11.3 Å². The van der Waals surface area contributed by atoms with Crippen LogP contribution in [0.4, 0.5) is 0 Å². The molecule has 1 unspecified atom stereocenters. The number of carbonyl (C=O) groups is 3. The second-order valence-electron chi connectivity index (χ2n) is 8.53. The quantitative estimate of drug-likeness (QED) is 0.471. The van der Waals surface area contributed by atoms with Crippen molar-refractivity contribution >= 4 is 29.1 Å². The number of aromatic nitrogens is 1. The van der Waals surface area contributed by atoms with Gasteiger partial charge in [-0.2, -0.15) is 0 Å². The van der Waals surface area contributed by atoms with E-state index in [0.717, 1.165) is 21.7 Å². The molecule has 2 aliphatic rings. The third-order valence-electron chi connectivity index (χ3n) is 6.33. The van der Waals surface area contributed by atoms with Crippen molar-refractivity contribution in [3.63, 3.8) is 0 Å². The number of nitrogens with one attached hydrogen (secondary N) is 2. The Balaban J connectivity index is 1.44. The van der Waals surface area contributed by atoms with Crippen molar-refractivity contribution in [2.24, 2.45) is 0 Å². The van der Waals surface area contributed by atoms with Gasteiger partial charge in [0.05, 0.1) is 45.4 Å². The van der Waals surface area contributed by atoms with E-state index in [1.54, 1.807) is 41.1 Å². The van der Waals surface area contributed by atoms with Crippen molar-refractivity contribution in [1.82, 2.24) is 20.5 Å². The Morgan fingerprint density at radius 3 is 2.41 bits per heavy atom. The summed E-state index contributed by atoms with van der Waals surface area (Å²) in [7, 11) is 0. The third kappa shape index (κ3) is 4.02. The highest BCUT2D eigenvalue weighted by Crippen LogP contribution is 2.33. The van der Waals surface area contributed by atoms with Gasteiger partial charge >= 0.3 is 0 Å². The van der Waals surface area contributed by atoms with Gasteiger partial charge in [0.2, 0.25) is 5.91 Å². The van der Waals surface area contributed by atoms with Crippen LogP contribution in [0, 0.1) is 6.92 Å². The van der Waals surface area contributed by atoms with Crippen molar-refractivity contribution in [3.05, 3.63) is 76.4 Å². The fourth-order valence-corrected chi connectivity index (χ4v) is 5.33. The molecule has 2 aliphatic heterocycles. The number of aliphatic hydroxyl groups excluding tert-OH is 1. The zero-order chi connectivity index (χ0) is 23.8. The van der Waals surface area contributed by atoms with Crippen LogP contribution in [0.5, 0.6) is 0 Å². The number of hydrogen-bond acceptors (Lipinski definition) is 7. The van der Waals surface area contributed by atoms with E-state index in [1.807, 2.05) is 31.2 Å². The van der Waals surface area contributed by atoms with E-state index in [4.69, 9.17) is 0 Å². The van der Waals surface area contributed by atoms with Crippen molar-refractivity contribution in [2.45, 2.75) is 31.5 Å². The first-order valence-corrected chi connectivity index (χ1v) is 12.0. The summed E-state index contributed by atoms with van der Waals surface area (Å²) >= 11 is 1.55. The van der Waals surface area contributed by atoms with Gasteiger partial charge in [-0.3, -0.25) is 19.3 Å². The second kappa shape index (κ2) is 9.09. The topological polar surface area (TPSA) is 112 Å². The molecular formula is C25H24N4O4S. The number of aryl methyl sites for hydroxylation is 1. The Hall–Kier alpha value is -3.40. The SMILES string of the molecule is Cc1ncsc1-c1ccc(C(CNC(=O)[C@@H]2C[C@@H](O)CN2)N2C(=O)c3ccccc3C2=O)cc1. The summed E-state index contributed by atoms with van der Waals surface area (Å²) in [6, 6.07) is 13.2. The number of thiazole rings is 1. The number of amides is 3. The summed E-state index contributed by atoms with van der Waals surface area (Å²) < 4.78 is 0. The maximum Gasteiger partial charge on any atom is 0.262 e. The van der Waals surface area contributed by atoms with Gasteiger partial charge in [0.25, 0.3) is 11.8 Å². The summed E-state index contributed by atoms with van der Waals surface area (Å²) in [4.78, 5) is 45.7. The maximum atomic E-state index is 13.2. The first-order chi connectivity index (χ1) is 16.4. The maximum absolute atomic E-state index is 13.2. The third-order valence-corrected chi connectivity index (χ3v) is 7.31. The largest absolute Gasteiger partial charge is 0.392 e. The Morgan fingerprint density at radius 1 is 1.18 bits per heavy atom. The number of hydrogen-bond donors (Lipinski definition) is 3. The molecule has 5 rings (SSSR count). The van der Waals surface area contributed by atoms with Gasteiger partial charge in [-0.1, -0.05) is 36.4 Å². The number of benzene rings is 2. The molecule has 3 aromatic rings. The van der Waals surface area contributed by atoms with Crippen LogP contribution in [0.1, 0.15) is 44.4 Å². The summed E-state index contributed by atoms with van der Waals surface area (Å²) in [6.07, 6.45) is -0.239. The number of imide groups is 1. The van der Waals surface area contributed by atoms with Crippen LogP contribution in [-0.4, -0.2) is 57.9 Å². The minimum atomic E-state index is -0.681. The van der Waals surface area contributed by atoms with Gasteiger partial charge in [-0.05, 0) is 36.6 Å². The Morgan fingerprint density at radius 2 is 1.85 bits per heavy atom. The molecule has 1 aromatic heterocycles. The summed E-state index contributed by atoms with van der Waals surface area (Å²) in [6.45, 7) is 2.38. The number of fused-ring (bicyclic) bond motifs is 1.